The van der Waals surface area contributed by atoms with Crippen molar-refractivity contribution < 1.29 is 14.3 Å². The van der Waals surface area contributed by atoms with Crippen LogP contribution in [0, 0.1) is 0 Å². The highest BCUT2D eigenvalue weighted by molar-refractivity contribution is 5.95. The van der Waals surface area contributed by atoms with Gasteiger partial charge in [-0.25, -0.2) is 9.31 Å². The first-order chi connectivity index (χ1) is 11.6. The van der Waals surface area contributed by atoms with Crippen LogP contribution in [0.1, 0.15) is 10.4 Å². The average molecular weight is 324 g/mol. The number of aromatic nitrogens is 2. The van der Waals surface area contributed by atoms with E-state index in [2.05, 4.69) is 20.5 Å². The highest BCUT2D eigenvalue weighted by Gasteiger charge is 2.10. The zero-order chi connectivity index (χ0) is 17.1. The van der Waals surface area contributed by atoms with Crippen LogP contribution in [0.5, 0.6) is 0 Å². The van der Waals surface area contributed by atoms with E-state index in [-0.39, 0.29) is 5.91 Å². The first-order valence-electron chi connectivity index (χ1n) is 7.27. The Morgan fingerprint density at radius 2 is 1.92 bits per heavy atom. The number of nitrogens with zero attached hydrogens (tertiary/aromatic N) is 2. The number of carbonyl (C=O) groups excluding carboxylic acids is 2. The smallest absolute Gasteiger partial charge is 0.411 e. The van der Waals surface area contributed by atoms with E-state index in [0.29, 0.717) is 11.3 Å². The number of anilines is 1. The van der Waals surface area contributed by atoms with Crippen LogP contribution < -0.4 is 10.6 Å². The second kappa shape index (κ2) is 6.41. The molecule has 0 atom stereocenters. The molecule has 0 unspecified atom stereocenters. The number of methoxy groups -OCH3 is 1. The summed E-state index contributed by atoms with van der Waals surface area (Å²) in [6.07, 6.45) is 2.96. The third-order valence-corrected chi connectivity index (χ3v) is 3.64. The number of carbonyl (C=O) groups is 2. The number of fused-ring (bicyclic) bond motifs is 1. The van der Waals surface area contributed by atoms with Gasteiger partial charge in [0.15, 0.2) is 0 Å². The highest BCUT2D eigenvalue weighted by Crippen LogP contribution is 2.26. The molecule has 0 saturated carbocycles. The zero-order valence-electron chi connectivity index (χ0n) is 13.2. The van der Waals surface area contributed by atoms with Gasteiger partial charge in [0.25, 0.3) is 5.91 Å². The van der Waals surface area contributed by atoms with Crippen LogP contribution in [0.25, 0.3) is 16.6 Å². The van der Waals surface area contributed by atoms with Gasteiger partial charge in [-0.2, -0.15) is 5.10 Å². The van der Waals surface area contributed by atoms with Crippen molar-refractivity contribution in [3.63, 3.8) is 0 Å². The number of ether oxygens (including phenoxy) is 1. The van der Waals surface area contributed by atoms with Gasteiger partial charge in [-0.1, -0.05) is 12.1 Å². The Bertz CT molecular complexity index is 900. The van der Waals surface area contributed by atoms with Crippen molar-refractivity contribution in [1.82, 2.24) is 14.9 Å². The van der Waals surface area contributed by atoms with Crippen molar-refractivity contribution in [2.75, 3.05) is 19.5 Å². The molecular weight excluding hydrogens is 308 g/mol. The Hall–Kier alpha value is -3.35. The van der Waals surface area contributed by atoms with Gasteiger partial charge in [-0.3, -0.25) is 10.1 Å². The topological polar surface area (TPSA) is 84.7 Å². The van der Waals surface area contributed by atoms with Crippen molar-refractivity contribution >= 4 is 23.2 Å². The lowest BCUT2D eigenvalue weighted by Gasteiger charge is -2.06. The fourth-order valence-electron chi connectivity index (χ4n) is 2.40. The maximum atomic E-state index is 11.6. The summed E-state index contributed by atoms with van der Waals surface area (Å²) in [5.41, 5.74) is 3.85. The summed E-state index contributed by atoms with van der Waals surface area (Å²) in [7, 11) is 2.91. The first-order valence-corrected chi connectivity index (χ1v) is 7.27. The predicted molar refractivity (Wildman–Crippen MR) is 90.0 cm³/mol. The minimum absolute atomic E-state index is 0.133. The Morgan fingerprint density at radius 1 is 1.17 bits per heavy atom. The van der Waals surface area contributed by atoms with E-state index in [1.165, 1.54) is 7.11 Å². The summed E-state index contributed by atoms with van der Waals surface area (Å²) in [6, 6.07) is 10.8. The van der Waals surface area contributed by atoms with Crippen LogP contribution >= 0.6 is 0 Å². The highest BCUT2D eigenvalue weighted by atomic mass is 16.5. The SMILES string of the molecule is CNC(=O)c1ccc(-c2cnn3ccc(NC(=O)OC)cc23)cc1. The first kappa shape index (κ1) is 15.5. The molecule has 24 heavy (non-hydrogen) atoms. The van der Waals surface area contributed by atoms with E-state index >= 15 is 0 Å². The van der Waals surface area contributed by atoms with E-state index < -0.39 is 6.09 Å². The molecule has 7 heteroatoms. The lowest BCUT2D eigenvalue weighted by atomic mass is 10.0. The van der Waals surface area contributed by atoms with Crippen LogP contribution in [0.15, 0.2) is 48.8 Å². The van der Waals surface area contributed by atoms with E-state index in [1.807, 2.05) is 18.2 Å². The number of hydrogen-bond donors (Lipinski definition) is 2. The van der Waals surface area contributed by atoms with Crippen LogP contribution in [0.4, 0.5) is 10.5 Å². The fraction of sp³-hybridized carbons (Fsp3) is 0.118. The molecule has 2 aromatic heterocycles. The van der Waals surface area contributed by atoms with Crippen molar-refractivity contribution in [2.45, 2.75) is 0 Å². The Kier molecular flexibility index (Phi) is 4.15. The third kappa shape index (κ3) is 2.91. The quantitative estimate of drug-likeness (QED) is 0.775. The molecule has 3 rings (SSSR count). The number of nitrogens with one attached hydrogen (secondary N) is 2. The van der Waals surface area contributed by atoms with Crippen molar-refractivity contribution in [3.8, 4) is 11.1 Å². The van der Waals surface area contributed by atoms with Crippen LogP contribution in [-0.2, 0) is 4.74 Å². The number of rotatable bonds is 3. The summed E-state index contributed by atoms with van der Waals surface area (Å²) in [5, 5.41) is 9.52. The molecule has 0 aliphatic rings. The maximum Gasteiger partial charge on any atom is 0.411 e. The predicted octanol–water partition coefficient (Wildman–Crippen LogP) is 2.54. The molecule has 2 N–H and O–H groups in total. The van der Waals surface area contributed by atoms with Gasteiger partial charge in [0.2, 0.25) is 0 Å². The Morgan fingerprint density at radius 3 is 2.58 bits per heavy atom. The van der Waals surface area contributed by atoms with Crippen LogP contribution in [0.3, 0.4) is 0 Å². The molecule has 0 aliphatic heterocycles. The second-order valence-corrected chi connectivity index (χ2v) is 5.08. The van der Waals surface area contributed by atoms with Gasteiger partial charge in [0.05, 0.1) is 18.8 Å². The summed E-state index contributed by atoms with van der Waals surface area (Å²) in [6.45, 7) is 0. The van der Waals surface area contributed by atoms with E-state index in [0.717, 1.165) is 16.6 Å². The lowest BCUT2D eigenvalue weighted by molar-refractivity contribution is 0.0963. The molecule has 0 bridgehead atoms. The van der Waals surface area contributed by atoms with E-state index in [4.69, 9.17) is 0 Å². The molecule has 2 heterocycles. The van der Waals surface area contributed by atoms with Crippen molar-refractivity contribution in [2.24, 2.45) is 0 Å². The van der Waals surface area contributed by atoms with E-state index in [9.17, 15) is 9.59 Å². The molecule has 0 fully saturated rings. The summed E-state index contributed by atoms with van der Waals surface area (Å²) in [5.74, 6) is -0.133. The number of pyridine rings is 1. The molecule has 122 valence electrons. The number of hydrogen-bond acceptors (Lipinski definition) is 4. The largest absolute Gasteiger partial charge is 0.453 e. The molecule has 7 nitrogen and oxygen atoms in total. The van der Waals surface area contributed by atoms with E-state index in [1.54, 1.807) is 42.2 Å². The summed E-state index contributed by atoms with van der Waals surface area (Å²) < 4.78 is 6.31. The third-order valence-electron chi connectivity index (χ3n) is 3.64. The molecule has 3 aromatic rings. The van der Waals surface area contributed by atoms with Crippen LogP contribution in [0.2, 0.25) is 0 Å². The molecular formula is C17H16N4O3. The molecule has 0 radical (unpaired) electrons. The lowest BCUT2D eigenvalue weighted by Crippen LogP contribution is -2.17. The normalized spacial score (nSPS) is 10.4. The van der Waals surface area contributed by atoms with Gasteiger partial charge >= 0.3 is 6.09 Å². The van der Waals surface area contributed by atoms with Gasteiger partial charge in [0, 0.05) is 30.1 Å². The van der Waals surface area contributed by atoms with Crippen molar-refractivity contribution in [1.29, 1.82) is 0 Å². The molecule has 0 aliphatic carbocycles. The molecule has 1 aromatic carbocycles. The fourth-order valence-corrected chi connectivity index (χ4v) is 2.40. The van der Waals surface area contributed by atoms with Gasteiger partial charge in [-0.05, 0) is 29.8 Å². The van der Waals surface area contributed by atoms with Gasteiger partial charge < -0.3 is 10.1 Å². The van der Waals surface area contributed by atoms with Gasteiger partial charge in [-0.15, -0.1) is 0 Å². The molecule has 2 amide bonds. The number of benzene rings is 1. The Labute approximate surface area is 138 Å². The monoisotopic (exact) mass is 324 g/mol. The zero-order valence-corrected chi connectivity index (χ0v) is 13.2. The molecule has 0 saturated heterocycles. The van der Waals surface area contributed by atoms with Crippen LogP contribution in [-0.4, -0.2) is 35.8 Å². The second-order valence-electron chi connectivity index (χ2n) is 5.08. The molecule has 0 spiro atoms. The minimum Gasteiger partial charge on any atom is -0.453 e. The average Bonchev–Trinajstić information content (AvgIpc) is 3.04. The maximum absolute atomic E-state index is 11.6. The standard InChI is InChI=1S/C17H16N4O3/c1-18-16(22)12-5-3-11(4-6-12)14-10-19-21-8-7-13(9-15(14)21)20-17(23)24-2/h3-10H,1-2H3,(H,18,22)(H,20,23). The minimum atomic E-state index is -0.532. The van der Waals surface area contributed by atoms with Crippen molar-refractivity contribution in [3.05, 3.63) is 54.4 Å². The Balaban J connectivity index is 1.98. The number of amides is 2. The van der Waals surface area contributed by atoms with Gasteiger partial charge in [0.1, 0.15) is 0 Å². The summed E-state index contributed by atoms with van der Waals surface area (Å²) >= 11 is 0. The summed E-state index contributed by atoms with van der Waals surface area (Å²) in [4.78, 5) is 23.0.